The molecule has 0 saturated carbocycles. The van der Waals surface area contributed by atoms with Gasteiger partial charge in [0.1, 0.15) is 11.6 Å². The largest absolute Gasteiger partial charge is 1.00 e. The number of anilines is 2. The smallest absolute Gasteiger partial charge is 0.857 e. The summed E-state index contributed by atoms with van der Waals surface area (Å²) in [5.41, 5.74) is 27.8. The minimum atomic E-state index is -1.15. The molecule has 0 amide bonds. The number of nitro groups is 4. The number of ether oxygens (including phenoxy) is 4. The van der Waals surface area contributed by atoms with Crippen molar-refractivity contribution in [1.82, 2.24) is 0 Å². The predicted molar refractivity (Wildman–Crippen MR) is 464 cm³/mol. The van der Waals surface area contributed by atoms with Gasteiger partial charge >= 0.3 is 81.3 Å². The number of carboxylic acids is 2. The number of rotatable bonds is 13. The molecule has 0 aliphatic carbocycles. The normalized spacial score (nSPS) is 7.27. The zero-order chi connectivity index (χ0) is 86.5. The van der Waals surface area contributed by atoms with Crippen LogP contribution < -0.4 is 65.1 Å². The summed E-state index contributed by atoms with van der Waals surface area (Å²) in [7, 11) is 34.6. The van der Waals surface area contributed by atoms with Crippen LogP contribution in [0, 0.1) is 75.3 Å². The third-order valence-corrected chi connectivity index (χ3v) is 11.0. The van der Waals surface area contributed by atoms with Gasteiger partial charge < -0.3 is 62.7 Å². The van der Waals surface area contributed by atoms with E-state index in [1.54, 1.807) is 18.2 Å². The van der Waals surface area contributed by atoms with E-state index in [1.165, 1.54) is 96.2 Å². The Labute approximate surface area is 739 Å². The Hall–Kier alpha value is -8.55. The van der Waals surface area contributed by atoms with Gasteiger partial charge in [0, 0.05) is 128 Å². The van der Waals surface area contributed by atoms with Crippen molar-refractivity contribution < 1.29 is 124 Å². The molecule has 0 saturated heterocycles. The van der Waals surface area contributed by atoms with Crippen LogP contribution >= 0.6 is 60.2 Å². The monoisotopic (exact) mass is 1830 g/mol. The fourth-order valence-electron chi connectivity index (χ4n) is 5.33. The third-order valence-electron chi connectivity index (χ3n) is 9.55. The van der Waals surface area contributed by atoms with Gasteiger partial charge in [-0.3, -0.25) is 40.5 Å². The summed E-state index contributed by atoms with van der Waals surface area (Å²) < 4.78 is 46.1. The number of methoxy groups -OCH3 is 4. The van der Waals surface area contributed by atoms with Crippen LogP contribution in [0.4, 0.5) is 42.9 Å². The average molecular weight is 1830 g/mol. The molecule has 605 valence electrons. The summed E-state index contributed by atoms with van der Waals surface area (Å²) in [5.74, 6) is -2.68. The van der Waals surface area contributed by atoms with Crippen LogP contribution in [-0.2, 0) is 17.1 Å². The molecule has 6 aromatic rings. The molecule has 113 heavy (non-hydrogen) atoms. The molecule has 6 rings (SSSR count). The van der Waals surface area contributed by atoms with E-state index >= 15 is 0 Å². The molecule has 0 aliphatic rings. The van der Waals surface area contributed by atoms with Gasteiger partial charge in [-0.15, -0.1) is 12.4 Å². The second kappa shape index (κ2) is 101. The van der Waals surface area contributed by atoms with Crippen LogP contribution in [0.5, 0.6) is 23.0 Å². The second-order valence-corrected chi connectivity index (χ2v) is 18.2. The maximum Gasteiger partial charge on any atom is 1.00 e. The molecule has 11 radical (unpaired) electrons. The van der Waals surface area contributed by atoms with E-state index in [0.29, 0.717) is 25.9 Å². The zero-order valence-electron chi connectivity index (χ0n) is 64.4. The van der Waals surface area contributed by atoms with Gasteiger partial charge in [0.2, 0.25) is 5.82 Å². The minimum absolute atomic E-state index is 0. The van der Waals surface area contributed by atoms with Crippen molar-refractivity contribution in [3.63, 3.8) is 0 Å². The van der Waals surface area contributed by atoms with E-state index in [-0.39, 0.29) is 145 Å². The van der Waals surface area contributed by atoms with Gasteiger partial charge in [-0.05, 0) is 109 Å². The van der Waals surface area contributed by atoms with Gasteiger partial charge in [-0.25, -0.2) is 14.0 Å². The van der Waals surface area contributed by atoms with Gasteiger partial charge in [-0.2, -0.15) is 16.8 Å². The number of carbonyl (C=O) groups is 2. The minimum Gasteiger partial charge on any atom is -0.857 e. The Morgan fingerprint density at radius 2 is 0.770 bits per heavy atom. The van der Waals surface area contributed by atoms with Crippen molar-refractivity contribution in [2.45, 2.75) is 105 Å². The van der Waals surface area contributed by atoms with Gasteiger partial charge in [-0.1, -0.05) is 165 Å². The average Bonchev–Trinajstić information content (AvgIpc) is 0.885. The van der Waals surface area contributed by atoms with E-state index in [1.807, 2.05) is 89.2 Å². The standard InChI is InChI=1S/C9H4.C8H6N2O3.C8H7NO5.C8H9NO3.C7H6BrNO3.C6H3BrFNO2.C6H5BrFN.6C2H6.CN.CH4O.CH3O.3CH4.B9.ClH.Cu.Na/c1-3-5-7-9-8-6-4-2;1-13-8-4-6(5-9)2-3-7(8)10(11)12;1-14-7-4-5(8(10)11)2-3-6(7)9(12)13;1-12-7-4-5(8(10)11)2-3-6(7)9;1-12-7-4-5(8)2-3-6(7)9(10)11;7-4-1-2-6(9(10)11)5(8)3-4;7-4-1-2-6(9)5(8)3-4;9*1-2;;;;1-6-9(7(2)3)8(4)5;;;/h1-2H2;2-4H,1H3;2-4H,1H3,(H,10,11);2-4H,9H2,1H3,(H,10,11);2-4H,1H3;1-3H;1-3H,9H2;6*1-2H3;;2H,1H3;1H3;3*1H4;;1H;;/q;;;;;;;;;;;;;-1;;-1;;;;;;2*+1. The quantitative estimate of drug-likeness (QED) is 0.0179. The van der Waals surface area contributed by atoms with Crippen molar-refractivity contribution in [2.75, 3.05) is 54.1 Å². The second-order valence-electron chi connectivity index (χ2n) is 15.5. The number of carboxylic acid groups (broad SMARTS) is 2. The van der Waals surface area contributed by atoms with Crippen LogP contribution in [0.1, 0.15) is 132 Å². The number of nitro benzene ring substituents is 4. The van der Waals surface area contributed by atoms with Crippen molar-refractivity contribution in [3.8, 4) is 29.1 Å². The van der Waals surface area contributed by atoms with Crippen LogP contribution in [0.25, 0.3) is 0 Å². The number of nitrogens with zero attached hydrogens (tertiary/aromatic N) is 6. The number of hydrogen-bond donors (Lipinski definition) is 5. The number of aliphatic hydroxyl groups is 1. The van der Waals surface area contributed by atoms with E-state index in [2.05, 4.69) is 101 Å². The van der Waals surface area contributed by atoms with Gasteiger partial charge in [0.15, 0.2) is 17.2 Å². The number of benzene rings is 6. The number of nitriles is 1. The summed E-state index contributed by atoms with van der Waals surface area (Å²) in [4.78, 5) is 59.9. The summed E-state index contributed by atoms with van der Waals surface area (Å²) >= 11 is 9.27. The molecule has 0 heterocycles. The summed E-state index contributed by atoms with van der Waals surface area (Å²) in [6.07, 6.45) is -1.46. The Morgan fingerprint density at radius 3 is 1.04 bits per heavy atom. The number of nitrogen functional groups attached to an aromatic ring is 2. The third kappa shape index (κ3) is 74.6. The molecule has 0 aliphatic heterocycles. The van der Waals surface area contributed by atoms with Gasteiger partial charge in [0.05, 0.1) is 82.3 Å². The zero-order valence-corrected chi connectivity index (χ0v) is 72.9. The molecule has 0 fully saturated rings. The molecule has 43 heteroatoms. The van der Waals surface area contributed by atoms with Crippen molar-refractivity contribution in [3.05, 3.63) is 251 Å². The Kier molecular flexibility index (Phi) is 131. The fraction of sp³-hybridized carbons (Fsp3) is 0.300. The van der Waals surface area contributed by atoms with E-state index in [0.717, 1.165) is 49.0 Å². The molecule has 0 spiro atoms. The van der Waals surface area contributed by atoms with Crippen LogP contribution in [0.3, 0.4) is 0 Å². The van der Waals surface area contributed by atoms with E-state index in [4.69, 9.17) is 107 Å². The van der Waals surface area contributed by atoms with E-state index < -0.39 is 55.9 Å². The summed E-state index contributed by atoms with van der Waals surface area (Å²) in [6, 6.07) is 26.2. The topological polar surface area (TPSA) is 427 Å². The van der Waals surface area contributed by atoms with Crippen LogP contribution in [-0.4, -0.2) is 155 Å². The number of halogens is 6. The molecule has 0 unspecified atom stereocenters. The first-order valence-corrected chi connectivity index (χ1v) is 32.9. The molecular weight excluding hydrogens is 1740 g/mol. The molecule has 6 aromatic carbocycles. The van der Waals surface area contributed by atoms with E-state index in [9.17, 15) is 58.8 Å². The molecular formula is C70H96B9Br3ClCuF2N8NaO18. The van der Waals surface area contributed by atoms with Crippen molar-refractivity contribution >= 4 is 171 Å². The maximum absolute atomic E-state index is 12.6. The number of aliphatic hydroxyl groups excluding tert-OH is 1. The Morgan fingerprint density at radius 1 is 0.504 bits per heavy atom. The first kappa shape index (κ1) is 146. The molecule has 7 N–H and O–H groups in total. The molecule has 0 aromatic heterocycles. The Bertz CT molecular complexity index is 3820. The molecule has 26 nitrogen and oxygen atoms in total. The Balaban J connectivity index is -0.0000000601. The fourth-order valence-corrected chi connectivity index (χ4v) is 6.34. The SMILES string of the molecule is C.C.C.C=C=C=C=C=C=C=C=C.CC.CC.CC.CC.CC.CC.CO.COc1cc(Br)ccc1[N+](=O)[O-].COc1cc(C#N)ccc1[N+](=O)[O-].COc1cc(C(=O)O)ccc1N.COc1cc(C(=O)O)ccc1[N+](=O)[O-].C[O-].Cl.Nc1ccc(Br)cc1F.O=[N+]([O-])c1ccc(Br)cc1F.[B][B]B(B([B])[B])B([B])[B].[C-]#N.[Cu+].[Na+]. The summed E-state index contributed by atoms with van der Waals surface area (Å²) in [6.45, 7) is 35.3. The van der Waals surface area contributed by atoms with Crippen molar-refractivity contribution in [2.24, 2.45) is 0 Å². The number of hydrogen-bond acceptors (Lipinski definition) is 20. The van der Waals surface area contributed by atoms with Crippen molar-refractivity contribution in [1.29, 1.82) is 10.5 Å². The van der Waals surface area contributed by atoms with Crippen LogP contribution in [0.2, 0.25) is 0 Å². The summed E-state index contributed by atoms with van der Waals surface area (Å²) in [5, 5.41) is 88.6. The molecule has 0 atom stereocenters. The van der Waals surface area contributed by atoms with Gasteiger partial charge in [0.25, 0.3) is 0 Å². The maximum atomic E-state index is 12.6. The number of nitrogens with two attached hydrogens (primary N) is 2. The predicted octanol–water partition coefficient (Wildman–Crippen LogP) is 13.4. The van der Waals surface area contributed by atoms with Crippen LogP contribution in [0.15, 0.2) is 176 Å². The molecule has 0 bridgehead atoms. The first-order valence-electron chi connectivity index (χ1n) is 30.5. The first-order chi connectivity index (χ1) is 50.9. The number of aromatic carboxylic acids is 2.